The van der Waals surface area contributed by atoms with Crippen molar-refractivity contribution in [3.8, 4) is 0 Å². The largest absolute Gasteiger partial charge is 0.357 e. The normalized spacial score (nSPS) is 11.5. The summed E-state index contributed by atoms with van der Waals surface area (Å²) in [4.78, 5) is 6.84. The van der Waals surface area contributed by atoms with Gasteiger partial charge in [0, 0.05) is 33.4 Å². The molecule has 0 amide bonds. The lowest BCUT2D eigenvalue weighted by Crippen LogP contribution is -2.38. The third-order valence-electron chi connectivity index (χ3n) is 3.55. The van der Waals surface area contributed by atoms with E-state index in [-0.39, 0.29) is 0 Å². The predicted octanol–water partition coefficient (Wildman–Crippen LogP) is 2.33. The number of guanidine groups is 1. The van der Waals surface area contributed by atoms with Gasteiger partial charge in [0.15, 0.2) is 5.96 Å². The van der Waals surface area contributed by atoms with Gasteiger partial charge in [-0.3, -0.25) is 4.68 Å². The highest BCUT2D eigenvalue weighted by Gasteiger charge is 2.07. The van der Waals surface area contributed by atoms with E-state index in [0.29, 0.717) is 6.54 Å². The van der Waals surface area contributed by atoms with Crippen molar-refractivity contribution >= 4 is 5.96 Å². The van der Waals surface area contributed by atoms with Gasteiger partial charge in [0.2, 0.25) is 0 Å². The van der Waals surface area contributed by atoms with Crippen LogP contribution in [0.3, 0.4) is 0 Å². The molecule has 0 saturated carbocycles. The Balaban J connectivity index is 2.05. The van der Waals surface area contributed by atoms with Crippen LogP contribution in [0.5, 0.6) is 0 Å². The van der Waals surface area contributed by atoms with E-state index in [0.717, 1.165) is 24.7 Å². The molecule has 5 heteroatoms. The standard InChI is InChI=1S/C17H25N5/c1-5-18-17(19-12-16-10-11-20-22(16)4)21(3)13-15-8-6-14(2)7-9-15/h6-11H,5,12-13H2,1-4H3,(H,18,19). The molecular formula is C17H25N5. The molecule has 0 bridgehead atoms. The lowest BCUT2D eigenvalue weighted by atomic mass is 10.1. The van der Waals surface area contributed by atoms with Crippen LogP contribution in [0.25, 0.3) is 0 Å². The van der Waals surface area contributed by atoms with E-state index in [2.05, 4.69) is 60.5 Å². The van der Waals surface area contributed by atoms with Crippen LogP contribution in [0.1, 0.15) is 23.7 Å². The van der Waals surface area contributed by atoms with Gasteiger partial charge < -0.3 is 10.2 Å². The quantitative estimate of drug-likeness (QED) is 0.681. The number of nitrogens with one attached hydrogen (secondary N) is 1. The van der Waals surface area contributed by atoms with E-state index < -0.39 is 0 Å². The van der Waals surface area contributed by atoms with Crippen molar-refractivity contribution in [3.05, 3.63) is 53.3 Å². The molecular weight excluding hydrogens is 274 g/mol. The van der Waals surface area contributed by atoms with Gasteiger partial charge in [-0.25, -0.2) is 4.99 Å². The molecule has 0 aliphatic rings. The fourth-order valence-corrected chi connectivity index (χ4v) is 2.22. The zero-order valence-electron chi connectivity index (χ0n) is 13.9. The van der Waals surface area contributed by atoms with Crippen LogP contribution in [-0.4, -0.2) is 34.2 Å². The van der Waals surface area contributed by atoms with Gasteiger partial charge in [-0.05, 0) is 25.5 Å². The molecule has 2 aromatic rings. The maximum absolute atomic E-state index is 4.70. The lowest BCUT2D eigenvalue weighted by molar-refractivity contribution is 0.476. The number of aliphatic imine (C=N–C) groups is 1. The van der Waals surface area contributed by atoms with Gasteiger partial charge in [-0.15, -0.1) is 0 Å². The predicted molar refractivity (Wildman–Crippen MR) is 90.7 cm³/mol. The highest BCUT2D eigenvalue weighted by atomic mass is 15.3. The molecule has 2 rings (SSSR count). The highest BCUT2D eigenvalue weighted by Crippen LogP contribution is 2.07. The van der Waals surface area contributed by atoms with Crippen LogP contribution in [0.2, 0.25) is 0 Å². The van der Waals surface area contributed by atoms with Gasteiger partial charge in [0.25, 0.3) is 0 Å². The lowest BCUT2D eigenvalue weighted by Gasteiger charge is -2.22. The van der Waals surface area contributed by atoms with E-state index in [1.54, 1.807) is 6.20 Å². The first kappa shape index (κ1) is 16.1. The molecule has 5 nitrogen and oxygen atoms in total. The van der Waals surface area contributed by atoms with E-state index in [4.69, 9.17) is 4.99 Å². The number of aryl methyl sites for hydroxylation is 2. The molecule has 0 fully saturated rings. The second-order valence-corrected chi connectivity index (χ2v) is 5.46. The van der Waals surface area contributed by atoms with Crippen LogP contribution < -0.4 is 5.32 Å². The molecule has 0 atom stereocenters. The number of benzene rings is 1. The average Bonchev–Trinajstić information content (AvgIpc) is 2.91. The Labute approximate surface area is 132 Å². The fourth-order valence-electron chi connectivity index (χ4n) is 2.22. The summed E-state index contributed by atoms with van der Waals surface area (Å²) in [5, 5.41) is 7.52. The van der Waals surface area contributed by atoms with Crippen molar-refractivity contribution in [2.45, 2.75) is 26.9 Å². The average molecular weight is 299 g/mol. The van der Waals surface area contributed by atoms with E-state index in [1.165, 1.54) is 11.1 Å². The molecule has 0 spiro atoms. The highest BCUT2D eigenvalue weighted by molar-refractivity contribution is 5.79. The SMILES string of the molecule is CCNC(=NCc1ccnn1C)N(C)Cc1ccc(C)cc1. The van der Waals surface area contributed by atoms with Gasteiger partial charge >= 0.3 is 0 Å². The van der Waals surface area contributed by atoms with Crippen molar-refractivity contribution in [2.24, 2.45) is 12.0 Å². The van der Waals surface area contributed by atoms with Gasteiger partial charge in [0.05, 0.1) is 12.2 Å². The van der Waals surface area contributed by atoms with Crippen molar-refractivity contribution in [3.63, 3.8) is 0 Å². The van der Waals surface area contributed by atoms with Gasteiger partial charge in [-0.1, -0.05) is 29.8 Å². The van der Waals surface area contributed by atoms with Crippen molar-refractivity contribution < 1.29 is 0 Å². The molecule has 1 aromatic heterocycles. The van der Waals surface area contributed by atoms with E-state index in [1.807, 2.05) is 17.8 Å². The molecule has 22 heavy (non-hydrogen) atoms. The molecule has 0 aliphatic heterocycles. The first-order valence-corrected chi connectivity index (χ1v) is 7.62. The molecule has 0 radical (unpaired) electrons. The van der Waals surface area contributed by atoms with Gasteiger partial charge in [-0.2, -0.15) is 5.10 Å². The van der Waals surface area contributed by atoms with Gasteiger partial charge in [0.1, 0.15) is 0 Å². The third-order valence-corrected chi connectivity index (χ3v) is 3.55. The first-order valence-electron chi connectivity index (χ1n) is 7.62. The minimum absolute atomic E-state index is 0.622. The molecule has 1 heterocycles. The molecule has 0 saturated heterocycles. The zero-order chi connectivity index (χ0) is 15.9. The molecule has 1 N–H and O–H groups in total. The minimum Gasteiger partial charge on any atom is -0.357 e. The Morgan fingerprint density at radius 1 is 1.27 bits per heavy atom. The second kappa shape index (κ2) is 7.64. The summed E-state index contributed by atoms with van der Waals surface area (Å²) in [5.41, 5.74) is 3.65. The van der Waals surface area contributed by atoms with Crippen LogP contribution in [0.15, 0.2) is 41.5 Å². The number of aromatic nitrogens is 2. The summed E-state index contributed by atoms with van der Waals surface area (Å²) in [6, 6.07) is 10.6. The Hall–Kier alpha value is -2.30. The monoisotopic (exact) mass is 299 g/mol. The maximum atomic E-state index is 4.70. The first-order chi connectivity index (χ1) is 10.6. The summed E-state index contributed by atoms with van der Waals surface area (Å²) in [6.07, 6.45) is 1.80. The van der Waals surface area contributed by atoms with Crippen molar-refractivity contribution in [1.82, 2.24) is 20.0 Å². The molecule has 1 aromatic carbocycles. The second-order valence-electron chi connectivity index (χ2n) is 5.46. The molecule has 118 valence electrons. The summed E-state index contributed by atoms with van der Waals surface area (Å²) in [6.45, 7) is 6.49. The zero-order valence-corrected chi connectivity index (χ0v) is 13.9. The molecule has 0 unspecified atom stereocenters. The van der Waals surface area contributed by atoms with Crippen LogP contribution in [0.4, 0.5) is 0 Å². The van der Waals surface area contributed by atoms with Crippen LogP contribution >= 0.6 is 0 Å². The number of hydrogen-bond acceptors (Lipinski definition) is 2. The summed E-state index contributed by atoms with van der Waals surface area (Å²) in [7, 11) is 4.00. The summed E-state index contributed by atoms with van der Waals surface area (Å²) < 4.78 is 1.85. The summed E-state index contributed by atoms with van der Waals surface area (Å²) >= 11 is 0. The van der Waals surface area contributed by atoms with Crippen molar-refractivity contribution in [2.75, 3.05) is 13.6 Å². The van der Waals surface area contributed by atoms with E-state index in [9.17, 15) is 0 Å². The smallest absolute Gasteiger partial charge is 0.194 e. The van der Waals surface area contributed by atoms with Crippen molar-refractivity contribution in [1.29, 1.82) is 0 Å². The van der Waals surface area contributed by atoms with E-state index >= 15 is 0 Å². The number of nitrogens with zero attached hydrogens (tertiary/aromatic N) is 4. The van der Waals surface area contributed by atoms with Crippen LogP contribution in [0, 0.1) is 6.92 Å². The molecule has 0 aliphatic carbocycles. The Morgan fingerprint density at radius 3 is 2.59 bits per heavy atom. The fraction of sp³-hybridized carbons (Fsp3) is 0.412. The third kappa shape index (κ3) is 4.35. The summed E-state index contributed by atoms with van der Waals surface area (Å²) in [5.74, 6) is 0.907. The number of hydrogen-bond donors (Lipinski definition) is 1. The Kier molecular flexibility index (Phi) is 5.58. The Morgan fingerprint density at radius 2 is 2.00 bits per heavy atom. The number of rotatable bonds is 5. The minimum atomic E-state index is 0.622. The maximum Gasteiger partial charge on any atom is 0.194 e. The topological polar surface area (TPSA) is 45.5 Å². The Bertz CT molecular complexity index is 612. The van der Waals surface area contributed by atoms with Crippen LogP contribution in [-0.2, 0) is 20.1 Å².